The molecular weight excluding hydrogens is 369 g/mol. The van der Waals surface area contributed by atoms with Crippen LogP contribution in [0.3, 0.4) is 0 Å². The molecule has 0 unspecified atom stereocenters. The monoisotopic (exact) mass is 410 g/mol. The van der Waals surface area contributed by atoms with E-state index in [4.69, 9.17) is 0 Å². The standard InChI is InChI=1S/4C3H9P.Ru/c4*1-4(2)3;/h4*1-3H3;/q;;;;-4/p+4. The van der Waals surface area contributed by atoms with Crippen LogP contribution in [0.2, 0.25) is 0 Å². The molecule has 0 amide bonds. The van der Waals surface area contributed by atoms with Gasteiger partial charge in [-0.15, -0.1) is 0 Å². The van der Waals surface area contributed by atoms with E-state index in [1.807, 2.05) is 0 Å². The van der Waals surface area contributed by atoms with Crippen LogP contribution in [0.15, 0.2) is 0 Å². The van der Waals surface area contributed by atoms with Gasteiger partial charge >= 0.3 is 115 Å². The first-order valence-electron chi connectivity index (χ1n) is 6.71. The van der Waals surface area contributed by atoms with Crippen LogP contribution in [0.4, 0.5) is 0 Å². The van der Waals surface area contributed by atoms with Gasteiger partial charge in [0.2, 0.25) is 0 Å². The van der Waals surface area contributed by atoms with Crippen molar-refractivity contribution in [1.82, 2.24) is 0 Å². The molecule has 0 aromatic heterocycles. The zero-order valence-corrected chi connectivity index (χ0v) is 20.1. The average molecular weight is 409 g/mol. The first-order chi connectivity index (χ1) is 7.00. The van der Waals surface area contributed by atoms with E-state index in [9.17, 15) is 0 Å². The van der Waals surface area contributed by atoms with Crippen molar-refractivity contribution in [3.63, 3.8) is 0 Å². The Kier molecular flexibility index (Phi) is 6.00. The van der Waals surface area contributed by atoms with E-state index >= 15 is 0 Å². The Morgan fingerprint density at radius 1 is 0.353 bits per heavy atom. The topological polar surface area (TPSA) is 0 Å². The third-order valence-corrected chi connectivity index (χ3v) is 169. The van der Waals surface area contributed by atoms with Crippen LogP contribution in [0, 0.1) is 0 Å². The summed E-state index contributed by atoms with van der Waals surface area (Å²) in [5.41, 5.74) is -3.95. The molecule has 0 aliphatic rings. The molecule has 116 valence electrons. The van der Waals surface area contributed by atoms with Crippen LogP contribution in [0.25, 0.3) is 0 Å². The number of rotatable bonds is 4. The minimum atomic E-state index is -1.46. The summed E-state index contributed by atoms with van der Waals surface area (Å²) in [5.74, 6) is 0. The van der Waals surface area contributed by atoms with Gasteiger partial charge in [0.05, 0.1) is 0 Å². The summed E-state index contributed by atoms with van der Waals surface area (Å²) < 4.78 is 0. The molecule has 5 heteroatoms. The van der Waals surface area contributed by atoms with Crippen molar-refractivity contribution in [1.29, 1.82) is 0 Å². The summed E-state index contributed by atoms with van der Waals surface area (Å²) in [5, 5.41) is 0. The van der Waals surface area contributed by atoms with E-state index in [0.29, 0.717) is 0 Å². The molecular formula is C12H40P4Ru. The fourth-order valence-electron chi connectivity index (χ4n) is 4.77. The Labute approximate surface area is 115 Å². The van der Waals surface area contributed by atoms with Crippen molar-refractivity contribution in [3.8, 4) is 0 Å². The Balaban J connectivity index is 6.37. The van der Waals surface area contributed by atoms with Gasteiger partial charge in [-0.05, 0) is 0 Å². The summed E-state index contributed by atoms with van der Waals surface area (Å²) in [6, 6.07) is 0. The number of hydrogen-bond acceptors (Lipinski definition) is 0. The van der Waals surface area contributed by atoms with Crippen molar-refractivity contribution >= 4 is 22.4 Å². The van der Waals surface area contributed by atoms with Gasteiger partial charge in [0.1, 0.15) is 0 Å². The third kappa shape index (κ3) is 3.33. The molecule has 0 atom stereocenters. The predicted octanol–water partition coefficient (Wildman–Crippen LogP) is 4.36. The molecule has 0 N–H and O–H groups in total. The van der Waals surface area contributed by atoms with Crippen LogP contribution < -0.4 is 0 Å². The zero-order valence-electron chi connectivity index (χ0n) is 14.4. The number of hydrogen-bond donors (Lipinski definition) is 0. The fraction of sp³-hybridized carbons (Fsp3) is 1.00. The van der Waals surface area contributed by atoms with E-state index in [1.165, 1.54) is 0 Å². The maximum atomic E-state index is 2.73. The molecule has 0 aromatic carbocycles. The van der Waals surface area contributed by atoms with Crippen molar-refractivity contribution < 1.29 is 12.8 Å². The van der Waals surface area contributed by atoms with Gasteiger partial charge in [-0.2, -0.15) is 0 Å². The third-order valence-electron chi connectivity index (χ3n) is 3.18. The van der Waals surface area contributed by atoms with E-state index in [2.05, 4.69) is 80.0 Å². The quantitative estimate of drug-likeness (QED) is 0.478. The van der Waals surface area contributed by atoms with Crippen LogP contribution in [0.5, 0.6) is 0 Å². The molecule has 17 heavy (non-hydrogen) atoms. The van der Waals surface area contributed by atoms with Crippen molar-refractivity contribution in [2.45, 2.75) is 0 Å². The van der Waals surface area contributed by atoms with Crippen molar-refractivity contribution in [2.24, 2.45) is 0 Å². The second kappa shape index (κ2) is 5.27. The van der Waals surface area contributed by atoms with Gasteiger partial charge in [-0.25, -0.2) is 0 Å². The summed E-state index contributed by atoms with van der Waals surface area (Å²) in [6.45, 7) is 32.8. The van der Waals surface area contributed by atoms with Crippen LogP contribution in [0.1, 0.15) is 0 Å². The Morgan fingerprint density at radius 2 is 0.471 bits per heavy atom. The normalized spacial score (nSPS) is 24.7. The van der Waals surface area contributed by atoms with Gasteiger partial charge < -0.3 is 0 Å². The molecule has 0 fully saturated rings. The molecule has 0 aliphatic heterocycles. The van der Waals surface area contributed by atoms with Gasteiger partial charge in [-0.3, -0.25) is 0 Å². The Morgan fingerprint density at radius 3 is 0.471 bits per heavy atom. The van der Waals surface area contributed by atoms with Gasteiger partial charge in [0.15, 0.2) is 0 Å². The van der Waals surface area contributed by atoms with Gasteiger partial charge in [0.25, 0.3) is 0 Å². The van der Waals surface area contributed by atoms with Crippen molar-refractivity contribution in [3.05, 3.63) is 0 Å². The second-order valence-corrected chi connectivity index (χ2v) is 83.9. The minimum absolute atomic E-state index is 0.988. The summed E-state index contributed by atoms with van der Waals surface area (Å²) in [6.07, 6.45) is 0. The van der Waals surface area contributed by atoms with E-state index in [-0.39, 0.29) is 0 Å². The van der Waals surface area contributed by atoms with Crippen LogP contribution >= 0.6 is 22.4 Å². The van der Waals surface area contributed by atoms with Crippen LogP contribution in [-0.2, 0) is 12.8 Å². The molecule has 0 bridgehead atoms. The first kappa shape index (κ1) is 19.3. The summed E-state index contributed by atoms with van der Waals surface area (Å²) in [4.78, 5) is 0. The SMILES string of the molecule is C[PH](C)(C)[Ru]([PH](C)(C)C)([PH](C)(C)C)[PH](C)(C)C. The molecule has 0 aromatic rings. The first-order valence-corrected chi connectivity index (χ1v) is 30.5. The predicted molar refractivity (Wildman–Crippen MR) is 104 cm³/mol. The summed E-state index contributed by atoms with van der Waals surface area (Å²) >= 11 is -1.46. The van der Waals surface area contributed by atoms with Gasteiger partial charge in [0, 0.05) is 0 Å². The molecule has 0 nitrogen and oxygen atoms in total. The zero-order chi connectivity index (χ0) is 14.5. The fourth-order valence-corrected chi connectivity index (χ4v) is 254. The van der Waals surface area contributed by atoms with E-state index in [1.54, 1.807) is 0 Å². The molecule has 0 radical (unpaired) electrons. The molecule has 0 saturated heterocycles. The van der Waals surface area contributed by atoms with E-state index < -0.39 is 35.2 Å². The molecule has 0 spiro atoms. The summed E-state index contributed by atoms with van der Waals surface area (Å²) in [7, 11) is 0. The van der Waals surface area contributed by atoms with Crippen LogP contribution in [-0.4, -0.2) is 80.0 Å². The van der Waals surface area contributed by atoms with E-state index in [0.717, 1.165) is 0 Å². The Bertz CT molecular complexity index is 211. The van der Waals surface area contributed by atoms with Gasteiger partial charge in [-0.1, -0.05) is 0 Å². The molecule has 0 heterocycles. The molecule has 0 rings (SSSR count). The molecule has 0 aliphatic carbocycles. The van der Waals surface area contributed by atoms with Crippen molar-refractivity contribution in [2.75, 3.05) is 80.0 Å². The Hall–Kier alpha value is 2.34. The second-order valence-electron chi connectivity index (χ2n) is 8.65. The molecule has 0 saturated carbocycles. The average Bonchev–Trinajstić information content (AvgIpc) is 1.67. The maximum absolute atomic E-state index is 2.73.